The van der Waals surface area contributed by atoms with Gasteiger partial charge in [0.25, 0.3) is 0 Å². The Morgan fingerprint density at radius 3 is 2.55 bits per heavy atom. The van der Waals surface area contributed by atoms with Gasteiger partial charge in [-0.3, -0.25) is 4.98 Å². The Balaban J connectivity index is 2.74. The fourth-order valence-corrected chi connectivity index (χ4v) is 2.46. The smallest absolute Gasteiger partial charge is 0.0915 e. The van der Waals surface area contributed by atoms with Crippen molar-refractivity contribution in [2.45, 2.75) is 46.5 Å². The maximum atomic E-state index is 6.37. The Morgan fingerprint density at radius 2 is 1.95 bits per heavy atom. The fraction of sp³-hybridized carbons (Fsp3) is 0.471. The first-order valence-corrected chi connectivity index (χ1v) is 7.56. The summed E-state index contributed by atoms with van der Waals surface area (Å²) in [6, 6.07) is 6.16. The molecule has 1 heterocycles. The largest absolute Gasteiger partial charge is 0.384 e. The maximum absolute atomic E-state index is 6.37. The molecule has 0 bridgehead atoms. The number of nitrogens with zero attached hydrogens (tertiary/aromatic N) is 1. The normalized spacial score (nSPS) is 11.9. The lowest BCUT2D eigenvalue weighted by Gasteiger charge is -2.21. The number of pyridine rings is 1. The number of benzene rings is 1. The van der Waals surface area contributed by atoms with Gasteiger partial charge in [-0.1, -0.05) is 45.4 Å². The molecule has 108 valence electrons. The second-order valence-electron chi connectivity index (χ2n) is 6.32. The van der Waals surface area contributed by atoms with E-state index in [2.05, 4.69) is 52.1 Å². The molecule has 0 aliphatic rings. The number of aryl methyl sites for hydroxylation is 1. The van der Waals surface area contributed by atoms with Gasteiger partial charge in [0.2, 0.25) is 0 Å². The SMILES string of the molecule is CCCNc1cc(C(C)(C)C)nc2c(Cl)ccc(C)c12. The van der Waals surface area contributed by atoms with Crippen LogP contribution >= 0.6 is 11.6 Å². The molecule has 0 amide bonds. The molecule has 20 heavy (non-hydrogen) atoms. The molecule has 0 aliphatic heterocycles. The third-order valence-electron chi connectivity index (χ3n) is 3.45. The van der Waals surface area contributed by atoms with Crippen molar-refractivity contribution in [1.29, 1.82) is 0 Å². The van der Waals surface area contributed by atoms with E-state index >= 15 is 0 Å². The third kappa shape index (κ3) is 2.90. The summed E-state index contributed by atoms with van der Waals surface area (Å²) in [5.41, 5.74) is 4.32. The molecule has 0 saturated heterocycles. The van der Waals surface area contributed by atoms with Crippen molar-refractivity contribution >= 4 is 28.2 Å². The molecule has 0 spiro atoms. The number of fused-ring (bicyclic) bond motifs is 1. The molecule has 0 radical (unpaired) electrons. The van der Waals surface area contributed by atoms with Crippen LogP contribution in [0.15, 0.2) is 18.2 Å². The number of hydrogen-bond acceptors (Lipinski definition) is 2. The average Bonchev–Trinajstić information content (AvgIpc) is 2.39. The van der Waals surface area contributed by atoms with Gasteiger partial charge in [-0.05, 0) is 31.0 Å². The van der Waals surface area contributed by atoms with Crippen LogP contribution in [0.4, 0.5) is 5.69 Å². The second-order valence-corrected chi connectivity index (χ2v) is 6.73. The minimum Gasteiger partial charge on any atom is -0.384 e. The highest BCUT2D eigenvalue weighted by atomic mass is 35.5. The quantitative estimate of drug-likeness (QED) is 0.828. The number of hydrogen-bond donors (Lipinski definition) is 1. The van der Waals surface area contributed by atoms with E-state index in [1.54, 1.807) is 0 Å². The molecule has 2 rings (SSSR count). The number of halogens is 1. The monoisotopic (exact) mass is 290 g/mol. The van der Waals surface area contributed by atoms with E-state index in [-0.39, 0.29) is 5.41 Å². The Labute approximate surface area is 126 Å². The molecule has 0 unspecified atom stereocenters. The lowest BCUT2D eigenvalue weighted by atomic mass is 9.90. The predicted molar refractivity (Wildman–Crippen MR) is 89.0 cm³/mol. The lowest BCUT2D eigenvalue weighted by Crippen LogP contribution is -2.15. The van der Waals surface area contributed by atoms with Crippen LogP contribution in [0.2, 0.25) is 5.02 Å². The Morgan fingerprint density at radius 1 is 1.25 bits per heavy atom. The predicted octanol–water partition coefficient (Wildman–Crippen LogP) is 5.32. The Bertz CT molecular complexity index is 627. The van der Waals surface area contributed by atoms with E-state index in [1.165, 1.54) is 5.56 Å². The molecule has 3 heteroatoms. The average molecular weight is 291 g/mol. The van der Waals surface area contributed by atoms with Crippen LogP contribution in [-0.4, -0.2) is 11.5 Å². The number of rotatable bonds is 3. The number of aromatic nitrogens is 1. The van der Waals surface area contributed by atoms with Crippen LogP contribution in [-0.2, 0) is 5.41 Å². The van der Waals surface area contributed by atoms with Crippen molar-refractivity contribution in [3.05, 3.63) is 34.5 Å². The lowest BCUT2D eigenvalue weighted by molar-refractivity contribution is 0.572. The highest BCUT2D eigenvalue weighted by Gasteiger charge is 2.19. The zero-order valence-corrected chi connectivity index (χ0v) is 13.7. The third-order valence-corrected chi connectivity index (χ3v) is 3.76. The standard InChI is InChI=1S/C17H23ClN2/c1-6-9-19-13-10-14(17(3,4)5)20-16-12(18)8-7-11(2)15(13)16/h7-8,10H,6,9H2,1-5H3,(H,19,20). The molecule has 1 N–H and O–H groups in total. The highest BCUT2D eigenvalue weighted by molar-refractivity contribution is 6.35. The van der Waals surface area contributed by atoms with Gasteiger partial charge in [0.1, 0.15) is 0 Å². The Hall–Kier alpha value is -1.28. The van der Waals surface area contributed by atoms with E-state index in [0.29, 0.717) is 0 Å². The molecule has 1 aromatic carbocycles. The summed E-state index contributed by atoms with van der Waals surface area (Å²) in [5.74, 6) is 0. The summed E-state index contributed by atoms with van der Waals surface area (Å²) < 4.78 is 0. The van der Waals surface area contributed by atoms with Crippen LogP contribution < -0.4 is 5.32 Å². The van der Waals surface area contributed by atoms with E-state index in [1.807, 2.05) is 6.07 Å². The maximum Gasteiger partial charge on any atom is 0.0915 e. The minimum atomic E-state index is 0.00388. The van der Waals surface area contributed by atoms with Crippen molar-refractivity contribution < 1.29 is 0 Å². The van der Waals surface area contributed by atoms with Gasteiger partial charge in [0.05, 0.1) is 10.5 Å². The van der Waals surface area contributed by atoms with Gasteiger partial charge in [0.15, 0.2) is 0 Å². The molecular weight excluding hydrogens is 268 g/mol. The van der Waals surface area contributed by atoms with E-state index in [4.69, 9.17) is 16.6 Å². The van der Waals surface area contributed by atoms with E-state index < -0.39 is 0 Å². The first-order chi connectivity index (χ1) is 9.34. The zero-order valence-electron chi connectivity index (χ0n) is 13.0. The topological polar surface area (TPSA) is 24.9 Å². The summed E-state index contributed by atoms with van der Waals surface area (Å²) in [7, 11) is 0. The van der Waals surface area contributed by atoms with Crippen LogP contribution in [0.3, 0.4) is 0 Å². The van der Waals surface area contributed by atoms with Crippen LogP contribution in [0, 0.1) is 6.92 Å². The fourth-order valence-electron chi connectivity index (χ4n) is 2.26. The summed E-state index contributed by atoms with van der Waals surface area (Å²) in [5, 5.41) is 5.38. The van der Waals surface area contributed by atoms with E-state index in [0.717, 1.165) is 40.3 Å². The van der Waals surface area contributed by atoms with Gasteiger partial charge < -0.3 is 5.32 Å². The van der Waals surface area contributed by atoms with Crippen molar-refractivity contribution in [2.24, 2.45) is 0 Å². The van der Waals surface area contributed by atoms with Crippen LogP contribution in [0.25, 0.3) is 10.9 Å². The molecule has 2 nitrogen and oxygen atoms in total. The first-order valence-electron chi connectivity index (χ1n) is 7.18. The minimum absolute atomic E-state index is 0.00388. The zero-order chi connectivity index (χ0) is 14.9. The summed E-state index contributed by atoms with van der Waals surface area (Å²) in [6.45, 7) is 11.8. The number of nitrogens with one attached hydrogen (secondary N) is 1. The van der Waals surface area contributed by atoms with Crippen LogP contribution in [0.5, 0.6) is 0 Å². The van der Waals surface area contributed by atoms with Crippen molar-refractivity contribution in [3.8, 4) is 0 Å². The van der Waals surface area contributed by atoms with Crippen molar-refractivity contribution in [3.63, 3.8) is 0 Å². The number of anilines is 1. The molecule has 0 fully saturated rings. The second kappa shape index (κ2) is 5.61. The van der Waals surface area contributed by atoms with Gasteiger partial charge >= 0.3 is 0 Å². The molecule has 0 atom stereocenters. The van der Waals surface area contributed by atoms with Gasteiger partial charge in [0, 0.05) is 28.7 Å². The van der Waals surface area contributed by atoms with Crippen molar-refractivity contribution in [2.75, 3.05) is 11.9 Å². The molecule has 0 aliphatic carbocycles. The first kappa shape index (κ1) is 15.1. The van der Waals surface area contributed by atoms with Crippen LogP contribution in [0.1, 0.15) is 45.4 Å². The molecule has 0 saturated carbocycles. The molecule has 2 aromatic rings. The van der Waals surface area contributed by atoms with Gasteiger partial charge in [-0.15, -0.1) is 0 Å². The van der Waals surface area contributed by atoms with Crippen molar-refractivity contribution in [1.82, 2.24) is 4.98 Å². The van der Waals surface area contributed by atoms with Gasteiger partial charge in [-0.25, -0.2) is 0 Å². The molecule has 1 aromatic heterocycles. The summed E-state index contributed by atoms with van der Waals surface area (Å²) in [6.07, 6.45) is 1.09. The highest BCUT2D eigenvalue weighted by Crippen LogP contribution is 2.34. The Kier molecular flexibility index (Phi) is 4.24. The summed E-state index contributed by atoms with van der Waals surface area (Å²) in [4.78, 5) is 4.80. The van der Waals surface area contributed by atoms with E-state index in [9.17, 15) is 0 Å². The van der Waals surface area contributed by atoms with Gasteiger partial charge in [-0.2, -0.15) is 0 Å². The molecular formula is C17H23ClN2. The summed E-state index contributed by atoms with van der Waals surface area (Å²) >= 11 is 6.37.